The van der Waals surface area contributed by atoms with Crippen LogP contribution in [-0.2, 0) is 12.8 Å². The SMILES string of the molecule is C=C/C=C\C(=C/C)c1nc(-c2cccc(/C(C)=C3/C(=C\C)COc4ccc(-c5cc6ccccc6c6c5CCC=C6)cc43)c2)nc(C2C=Cc3c(sc4ccccc34)C2)n1. The van der Waals surface area contributed by atoms with Crippen LogP contribution in [0.4, 0.5) is 0 Å². The molecule has 1 aliphatic heterocycles. The van der Waals surface area contributed by atoms with E-state index in [1.807, 2.05) is 30.4 Å². The van der Waals surface area contributed by atoms with Crippen LogP contribution in [0.3, 0.4) is 0 Å². The van der Waals surface area contributed by atoms with Crippen molar-refractivity contribution in [3.63, 3.8) is 0 Å². The summed E-state index contributed by atoms with van der Waals surface area (Å²) < 4.78 is 7.74. The monoisotopic (exact) mass is 795 g/mol. The van der Waals surface area contributed by atoms with Crippen LogP contribution in [0.2, 0.25) is 0 Å². The van der Waals surface area contributed by atoms with E-state index in [0.29, 0.717) is 18.3 Å². The average Bonchev–Trinajstić information content (AvgIpc) is 3.68. The minimum absolute atomic E-state index is 0.0222. The molecule has 0 saturated heterocycles. The molecule has 4 nitrogen and oxygen atoms in total. The zero-order valence-electron chi connectivity index (χ0n) is 34.2. The van der Waals surface area contributed by atoms with Crippen LogP contribution < -0.4 is 4.74 Å². The Morgan fingerprint density at radius 2 is 1.70 bits per heavy atom. The second-order valence-corrected chi connectivity index (χ2v) is 16.8. The molecule has 5 heteroatoms. The molecule has 5 aromatic carbocycles. The van der Waals surface area contributed by atoms with Gasteiger partial charge in [-0.05, 0) is 137 Å². The van der Waals surface area contributed by atoms with Crippen molar-refractivity contribution in [3.8, 4) is 28.3 Å². The maximum Gasteiger partial charge on any atom is 0.163 e. The Kier molecular flexibility index (Phi) is 9.90. The molecule has 292 valence electrons. The summed E-state index contributed by atoms with van der Waals surface area (Å²) in [7, 11) is 0. The van der Waals surface area contributed by atoms with Gasteiger partial charge in [-0.2, -0.15) is 0 Å². The molecule has 1 unspecified atom stereocenters. The van der Waals surface area contributed by atoms with Gasteiger partial charge in [-0.25, -0.2) is 15.0 Å². The van der Waals surface area contributed by atoms with Crippen molar-refractivity contribution >= 4 is 61.1 Å². The lowest BCUT2D eigenvalue weighted by Gasteiger charge is -2.27. The van der Waals surface area contributed by atoms with E-state index in [1.165, 1.54) is 70.3 Å². The third kappa shape index (κ3) is 6.69. The van der Waals surface area contributed by atoms with Crippen molar-refractivity contribution in [2.24, 2.45) is 0 Å². The molecule has 0 N–H and O–H groups in total. The van der Waals surface area contributed by atoms with Crippen LogP contribution in [0.15, 0.2) is 152 Å². The number of benzene rings is 5. The highest BCUT2D eigenvalue weighted by Gasteiger charge is 2.26. The number of nitrogens with zero attached hydrogens (tertiary/aromatic N) is 3. The van der Waals surface area contributed by atoms with Gasteiger partial charge in [0.2, 0.25) is 0 Å². The topological polar surface area (TPSA) is 47.9 Å². The van der Waals surface area contributed by atoms with E-state index < -0.39 is 0 Å². The molecule has 0 bridgehead atoms. The minimum Gasteiger partial charge on any atom is -0.488 e. The highest BCUT2D eigenvalue weighted by molar-refractivity contribution is 7.19. The zero-order chi connectivity index (χ0) is 40.7. The van der Waals surface area contributed by atoms with E-state index in [4.69, 9.17) is 19.7 Å². The van der Waals surface area contributed by atoms with E-state index in [9.17, 15) is 0 Å². The molecule has 0 saturated carbocycles. The van der Waals surface area contributed by atoms with Gasteiger partial charge in [-0.1, -0.05) is 128 Å². The smallest absolute Gasteiger partial charge is 0.163 e. The van der Waals surface area contributed by atoms with Gasteiger partial charge in [-0.15, -0.1) is 11.3 Å². The average molecular weight is 796 g/mol. The summed E-state index contributed by atoms with van der Waals surface area (Å²) in [4.78, 5) is 16.9. The molecule has 2 aromatic heterocycles. The van der Waals surface area contributed by atoms with Crippen LogP contribution in [0.25, 0.3) is 72.2 Å². The van der Waals surface area contributed by atoms with Gasteiger partial charge in [0.25, 0.3) is 0 Å². The Balaban J connectivity index is 1.08. The molecule has 0 amide bonds. The highest BCUT2D eigenvalue weighted by atomic mass is 32.1. The van der Waals surface area contributed by atoms with E-state index in [0.717, 1.165) is 53.1 Å². The predicted octanol–water partition coefficient (Wildman–Crippen LogP) is 14.3. The normalized spacial score (nSPS) is 17.5. The number of allylic oxidation sites excluding steroid dienone is 9. The van der Waals surface area contributed by atoms with E-state index in [2.05, 4.69) is 154 Å². The van der Waals surface area contributed by atoms with Crippen LogP contribution in [0.5, 0.6) is 5.75 Å². The predicted molar refractivity (Wildman–Crippen MR) is 254 cm³/mol. The molecule has 10 rings (SSSR count). The molecule has 1 atom stereocenters. The third-order valence-electron chi connectivity index (χ3n) is 12.2. The maximum absolute atomic E-state index is 6.43. The van der Waals surface area contributed by atoms with Crippen LogP contribution in [0, 0.1) is 0 Å². The molecule has 0 spiro atoms. The highest BCUT2D eigenvalue weighted by Crippen LogP contribution is 2.45. The quantitative estimate of drug-likeness (QED) is 0.151. The van der Waals surface area contributed by atoms with Gasteiger partial charge in [-0.3, -0.25) is 0 Å². The van der Waals surface area contributed by atoms with Gasteiger partial charge in [0.1, 0.15) is 18.2 Å². The molecular formula is C55H45N3OS. The Labute approximate surface area is 356 Å². The number of ether oxygens (including phenoxy) is 1. The number of aromatic nitrogens is 3. The van der Waals surface area contributed by atoms with Gasteiger partial charge >= 0.3 is 0 Å². The van der Waals surface area contributed by atoms with Crippen LogP contribution in [-0.4, -0.2) is 21.6 Å². The summed E-state index contributed by atoms with van der Waals surface area (Å²) >= 11 is 1.87. The Bertz CT molecular complexity index is 3080. The van der Waals surface area contributed by atoms with Gasteiger partial charge in [0, 0.05) is 32.2 Å². The minimum atomic E-state index is 0.0222. The first-order valence-corrected chi connectivity index (χ1v) is 21.7. The van der Waals surface area contributed by atoms with Crippen molar-refractivity contribution < 1.29 is 4.74 Å². The van der Waals surface area contributed by atoms with Crippen molar-refractivity contribution in [3.05, 3.63) is 196 Å². The molecule has 3 heterocycles. The van der Waals surface area contributed by atoms with E-state index in [1.54, 1.807) is 6.08 Å². The molecule has 2 aliphatic carbocycles. The fraction of sp³-hybridized carbons (Fsp3) is 0.145. The molecule has 3 aliphatic rings. The Hall–Kier alpha value is -6.69. The van der Waals surface area contributed by atoms with Gasteiger partial charge in [0.15, 0.2) is 11.6 Å². The van der Waals surface area contributed by atoms with Crippen LogP contribution >= 0.6 is 11.3 Å². The van der Waals surface area contributed by atoms with Crippen molar-refractivity contribution in [2.45, 2.75) is 46.0 Å². The molecule has 0 radical (unpaired) electrons. The van der Waals surface area contributed by atoms with Crippen LogP contribution in [0.1, 0.15) is 77.5 Å². The van der Waals surface area contributed by atoms with Crippen molar-refractivity contribution in [2.75, 3.05) is 6.61 Å². The number of fused-ring (bicyclic) bond motifs is 7. The standard InChI is InChI=1S/C55H45N3OS/c1-5-8-16-35(6-2)53-56-54(58-55(57-53)41-25-27-46-45-23-13-14-24-50(45)60-51(46)32-41)40-19-15-18-37(29-40)34(4)52-36(7-3)33-59-49-28-26-39(31-48(49)52)47-30-38-17-9-10-20-42(38)43-21-11-12-22-44(43)47/h5-11,13-21,23-31,41H,1,12,22,32-33H2,2-4H3/b16-8-,35-6+,36-7-,52-34-. The summed E-state index contributed by atoms with van der Waals surface area (Å²) in [5, 5.41) is 3.89. The fourth-order valence-corrected chi connectivity index (χ4v) is 10.3. The lowest BCUT2D eigenvalue weighted by Crippen LogP contribution is -2.13. The number of thiophene rings is 1. The second kappa shape index (κ2) is 15.8. The van der Waals surface area contributed by atoms with Gasteiger partial charge in [0.05, 0.1) is 0 Å². The second-order valence-electron chi connectivity index (χ2n) is 15.7. The van der Waals surface area contributed by atoms with Gasteiger partial charge < -0.3 is 4.74 Å². The lowest BCUT2D eigenvalue weighted by molar-refractivity contribution is 0.348. The summed E-state index contributed by atoms with van der Waals surface area (Å²) in [5.41, 5.74) is 14.2. The summed E-state index contributed by atoms with van der Waals surface area (Å²) in [6, 6.07) is 35.2. The molecule has 0 fully saturated rings. The first-order chi connectivity index (χ1) is 29.5. The fourth-order valence-electron chi connectivity index (χ4n) is 9.09. The van der Waals surface area contributed by atoms with Crippen molar-refractivity contribution in [1.82, 2.24) is 15.0 Å². The van der Waals surface area contributed by atoms with E-state index >= 15 is 0 Å². The lowest BCUT2D eigenvalue weighted by atomic mass is 9.83. The summed E-state index contributed by atoms with van der Waals surface area (Å²) in [5.74, 6) is 3.02. The number of hydrogen-bond acceptors (Lipinski definition) is 5. The van der Waals surface area contributed by atoms with E-state index in [-0.39, 0.29) is 5.92 Å². The molecular weight excluding hydrogens is 751 g/mol. The number of rotatable bonds is 7. The Morgan fingerprint density at radius 3 is 2.57 bits per heavy atom. The largest absolute Gasteiger partial charge is 0.488 e. The summed E-state index contributed by atoms with van der Waals surface area (Å²) in [6.45, 7) is 10.8. The molecule has 60 heavy (non-hydrogen) atoms. The first kappa shape index (κ1) is 37.6. The number of hydrogen-bond donors (Lipinski definition) is 0. The van der Waals surface area contributed by atoms with Crippen molar-refractivity contribution in [1.29, 1.82) is 0 Å². The zero-order valence-corrected chi connectivity index (χ0v) is 35.0. The summed E-state index contributed by atoms with van der Waals surface area (Å²) in [6.07, 6.45) is 22.0. The first-order valence-electron chi connectivity index (χ1n) is 20.9. The maximum atomic E-state index is 6.43. The third-order valence-corrected chi connectivity index (χ3v) is 13.4. The Morgan fingerprint density at radius 1 is 0.833 bits per heavy atom. The molecule has 7 aromatic rings.